The highest BCUT2D eigenvalue weighted by atomic mass is 16.5. The van der Waals surface area contributed by atoms with E-state index >= 15 is 0 Å². The van der Waals surface area contributed by atoms with Crippen molar-refractivity contribution < 1.29 is 4.74 Å². The average Bonchev–Trinajstić information content (AvgIpc) is 2.68. The molecule has 1 saturated heterocycles. The van der Waals surface area contributed by atoms with Gasteiger partial charge >= 0.3 is 0 Å². The summed E-state index contributed by atoms with van der Waals surface area (Å²) < 4.78 is 5.29. The van der Waals surface area contributed by atoms with Crippen LogP contribution in [0.4, 0.5) is 11.8 Å². The van der Waals surface area contributed by atoms with Gasteiger partial charge in [0.05, 0.1) is 18.3 Å². The number of piperazine rings is 1. The summed E-state index contributed by atoms with van der Waals surface area (Å²) in [4.78, 5) is 18.4. The molecule has 0 amide bonds. The Bertz CT molecular complexity index is 890. The lowest BCUT2D eigenvalue weighted by Gasteiger charge is -2.35. The van der Waals surface area contributed by atoms with Crippen molar-refractivity contribution >= 4 is 22.7 Å². The Morgan fingerprint density at radius 3 is 2.52 bits per heavy atom. The van der Waals surface area contributed by atoms with E-state index < -0.39 is 0 Å². The number of ether oxygens (including phenoxy) is 1. The van der Waals surface area contributed by atoms with E-state index in [9.17, 15) is 0 Å². The molecule has 1 fully saturated rings. The molecule has 25 heavy (non-hydrogen) atoms. The number of nitrogens with zero attached hydrogens (tertiary/aromatic N) is 5. The van der Waals surface area contributed by atoms with Crippen LogP contribution in [0.3, 0.4) is 0 Å². The van der Waals surface area contributed by atoms with E-state index in [1.807, 2.05) is 37.3 Å². The lowest BCUT2D eigenvalue weighted by molar-refractivity contribution is 0.414. The van der Waals surface area contributed by atoms with E-state index in [2.05, 4.69) is 20.9 Å². The quantitative estimate of drug-likeness (QED) is 0.733. The van der Waals surface area contributed by atoms with Crippen LogP contribution in [0.2, 0.25) is 0 Å². The Balaban J connectivity index is 1.52. The molecule has 3 aromatic rings. The van der Waals surface area contributed by atoms with Gasteiger partial charge in [-0.05, 0) is 19.1 Å². The maximum Gasteiger partial charge on any atom is 0.226 e. The summed E-state index contributed by atoms with van der Waals surface area (Å²) in [5.74, 6) is 2.60. The van der Waals surface area contributed by atoms with Crippen molar-refractivity contribution in [3.8, 4) is 5.75 Å². The van der Waals surface area contributed by atoms with Crippen LogP contribution in [0.1, 0.15) is 5.69 Å². The topological polar surface area (TPSA) is 54.4 Å². The number of hydrogen-bond acceptors (Lipinski definition) is 6. The predicted octanol–water partition coefficient (Wildman–Crippen LogP) is 2.67. The first-order chi connectivity index (χ1) is 12.2. The smallest absolute Gasteiger partial charge is 0.226 e. The van der Waals surface area contributed by atoms with Gasteiger partial charge in [-0.3, -0.25) is 0 Å². The van der Waals surface area contributed by atoms with E-state index in [4.69, 9.17) is 14.7 Å². The summed E-state index contributed by atoms with van der Waals surface area (Å²) in [7, 11) is 1.68. The molecule has 0 unspecified atom stereocenters. The van der Waals surface area contributed by atoms with Gasteiger partial charge in [0, 0.05) is 43.8 Å². The fourth-order valence-electron chi connectivity index (χ4n) is 3.20. The Labute approximate surface area is 147 Å². The third-order valence-corrected chi connectivity index (χ3v) is 4.62. The summed E-state index contributed by atoms with van der Waals surface area (Å²) in [5.41, 5.74) is 2.03. The Morgan fingerprint density at radius 2 is 1.72 bits per heavy atom. The van der Waals surface area contributed by atoms with Gasteiger partial charge in [-0.2, -0.15) is 0 Å². The van der Waals surface area contributed by atoms with Gasteiger partial charge in [-0.1, -0.05) is 18.2 Å². The summed E-state index contributed by atoms with van der Waals surface area (Å²) in [6.45, 7) is 5.56. The van der Waals surface area contributed by atoms with Crippen molar-refractivity contribution in [3.05, 3.63) is 48.3 Å². The first-order valence-corrected chi connectivity index (χ1v) is 8.48. The highest BCUT2D eigenvalue weighted by molar-refractivity contribution is 5.81. The van der Waals surface area contributed by atoms with Crippen molar-refractivity contribution in [2.24, 2.45) is 0 Å². The van der Waals surface area contributed by atoms with Crippen molar-refractivity contribution in [1.29, 1.82) is 0 Å². The average molecular weight is 335 g/mol. The van der Waals surface area contributed by atoms with Crippen LogP contribution < -0.4 is 14.5 Å². The van der Waals surface area contributed by atoms with Crippen LogP contribution in [0.25, 0.3) is 10.9 Å². The third kappa shape index (κ3) is 3.07. The molecule has 0 saturated carbocycles. The van der Waals surface area contributed by atoms with Crippen molar-refractivity contribution in [2.45, 2.75) is 6.92 Å². The number of hydrogen-bond donors (Lipinski definition) is 0. The molecule has 3 heterocycles. The first-order valence-electron chi connectivity index (χ1n) is 8.48. The second-order valence-electron chi connectivity index (χ2n) is 6.15. The summed E-state index contributed by atoms with van der Waals surface area (Å²) in [5, 5.41) is 1.12. The van der Waals surface area contributed by atoms with Crippen molar-refractivity contribution in [1.82, 2.24) is 15.0 Å². The number of para-hydroxylation sites is 1. The molecular weight excluding hydrogens is 314 g/mol. The SMILES string of the molecule is COc1ccnc(N2CCN(c3nc(C)c4ccccc4n3)CC2)c1. The van der Waals surface area contributed by atoms with E-state index in [0.29, 0.717) is 0 Å². The predicted molar refractivity (Wildman–Crippen MR) is 99.5 cm³/mol. The van der Waals surface area contributed by atoms with Crippen LogP contribution in [0.5, 0.6) is 5.75 Å². The number of rotatable bonds is 3. The molecule has 0 radical (unpaired) electrons. The van der Waals surface area contributed by atoms with Gasteiger partial charge in [0.1, 0.15) is 11.6 Å². The molecule has 0 N–H and O–H groups in total. The van der Waals surface area contributed by atoms with E-state index in [1.165, 1.54) is 0 Å². The Kier molecular flexibility index (Phi) is 4.09. The van der Waals surface area contributed by atoms with E-state index in [-0.39, 0.29) is 0 Å². The monoisotopic (exact) mass is 335 g/mol. The molecule has 0 aliphatic carbocycles. The van der Waals surface area contributed by atoms with Gasteiger partial charge < -0.3 is 14.5 Å². The number of benzene rings is 1. The molecule has 128 valence electrons. The molecule has 6 heteroatoms. The Hall–Kier alpha value is -2.89. The van der Waals surface area contributed by atoms with Gasteiger partial charge in [0.2, 0.25) is 5.95 Å². The van der Waals surface area contributed by atoms with Gasteiger partial charge in [0.15, 0.2) is 0 Å². The zero-order valence-corrected chi connectivity index (χ0v) is 14.5. The molecule has 1 aromatic carbocycles. The molecule has 6 nitrogen and oxygen atoms in total. The molecule has 1 aliphatic rings. The van der Waals surface area contributed by atoms with Gasteiger partial charge in [0.25, 0.3) is 0 Å². The number of methoxy groups -OCH3 is 1. The van der Waals surface area contributed by atoms with E-state index in [0.717, 1.165) is 60.3 Å². The number of fused-ring (bicyclic) bond motifs is 1. The van der Waals surface area contributed by atoms with Crippen LogP contribution >= 0.6 is 0 Å². The highest BCUT2D eigenvalue weighted by Crippen LogP contribution is 2.22. The molecule has 4 rings (SSSR count). The lowest BCUT2D eigenvalue weighted by Crippen LogP contribution is -2.47. The molecule has 0 atom stereocenters. The second-order valence-corrected chi connectivity index (χ2v) is 6.15. The van der Waals surface area contributed by atoms with Crippen LogP contribution in [0, 0.1) is 6.92 Å². The van der Waals surface area contributed by atoms with Gasteiger partial charge in [-0.15, -0.1) is 0 Å². The van der Waals surface area contributed by atoms with Crippen molar-refractivity contribution in [3.63, 3.8) is 0 Å². The van der Waals surface area contributed by atoms with Crippen molar-refractivity contribution in [2.75, 3.05) is 43.1 Å². The number of aryl methyl sites for hydroxylation is 1. The maximum atomic E-state index is 5.29. The normalized spacial score (nSPS) is 14.8. The molecule has 2 aromatic heterocycles. The fourth-order valence-corrected chi connectivity index (χ4v) is 3.20. The summed E-state index contributed by atoms with van der Waals surface area (Å²) in [6, 6.07) is 12.0. The number of aromatic nitrogens is 3. The number of pyridine rings is 1. The van der Waals surface area contributed by atoms with E-state index in [1.54, 1.807) is 13.3 Å². The zero-order chi connectivity index (χ0) is 17.2. The zero-order valence-electron chi connectivity index (χ0n) is 14.5. The second kappa shape index (κ2) is 6.55. The molecular formula is C19H21N5O. The summed E-state index contributed by atoms with van der Waals surface area (Å²) in [6.07, 6.45) is 1.79. The first kappa shape index (κ1) is 15.6. The van der Waals surface area contributed by atoms with Crippen LogP contribution in [0.15, 0.2) is 42.6 Å². The van der Waals surface area contributed by atoms with Gasteiger partial charge in [-0.25, -0.2) is 15.0 Å². The van der Waals surface area contributed by atoms with Crippen LogP contribution in [-0.4, -0.2) is 48.2 Å². The summed E-state index contributed by atoms with van der Waals surface area (Å²) >= 11 is 0. The molecule has 0 bridgehead atoms. The molecule has 0 spiro atoms. The lowest BCUT2D eigenvalue weighted by atomic mass is 10.2. The maximum absolute atomic E-state index is 5.29. The standard InChI is InChI=1S/C19H21N5O/c1-14-16-5-3-4-6-17(16)22-19(21-14)24-11-9-23(10-12-24)18-13-15(25-2)7-8-20-18/h3-8,13H,9-12H2,1-2H3. The molecule has 1 aliphatic heterocycles. The minimum absolute atomic E-state index is 0.814. The fraction of sp³-hybridized carbons (Fsp3) is 0.316. The Morgan fingerprint density at radius 1 is 0.960 bits per heavy atom. The number of anilines is 2. The minimum Gasteiger partial charge on any atom is -0.497 e. The third-order valence-electron chi connectivity index (χ3n) is 4.62. The minimum atomic E-state index is 0.814. The largest absolute Gasteiger partial charge is 0.497 e. The highest BCUT2D eigenvalue weighted by Gasteiger charge is 2.21. The van der Waals surface area contributed by atoms with Crippen LogP contribution in [-0.2, 0) is 0 Å².